The Bertz CT molecular complexity index is 6070. The lowest BCUT2D eigenvalue weighted by Crippen LogP contribution is -2.27. The van der Waals surface area contributed by atoms with Gasteiger partial charge in [0.1, 0.15) is 0 Å². The van der Waals surface area contributed by atoms with E-state index in [4.69, 9.17) is 47.9 Å². The fourth-order valence-corrected chi connectivity index (χ4v) is 16.7. The Hall–Kier alpha value is -14.1. The molecule has 0 aliphatic carbocycles. The molecule has 0 radical (unpaired) electrons. The molecule has 24 heteroatoms. The standard InChI is InChI=1S/C98H90N6O16S2/c1-13-113-91(105)87(92(106)114-14-2)83-63-23-21-24-64(99-63)84(88(93(107)115-15-3)94(108)116-16-4)72-48-44-68(102-72)80(60-37-29-56(10)30-38-60)77-53-54-78(122-77)82(62-41-33-58(12)34-42-62)70-46-50-74(104-70)86(90(97(111)119-19-7)98(112)120-20-8)66-26-22-25-65(100-66)85(89(95(109)117-17-5)96(110)118-18-6)73-49-45-69(103-73)81(61-39-31-57(11)32-40-61)76-52-51-75(121-76)79(67-43-47-71(83)101-67)59-35-27-55(9)28-36-59/h21-54,101-104H,13-20H2,1-12H3. The number of aryl methyl sites for hydroxylation is 4. The van der Waals surface area contributed by atoms with Crippen LogP contribution in [0.5, 0.6) is 0 Å². The molecule has 0 fully saturated rings. The first-order chi connectivity index (χ1) is 59.1. The first kappa shape index (κ1) is 85.8. The molecular formula is C98H90N6O16S2. The van der Waals surface area contributed by atoms with Crippen LogP contribution in [0.3, 0.4) is 0 Å². The number of carbonyl (C=O) groups is 8. The molecule has 4 aromatic carbocycles. The average molecular weight is 1670 g/mol. The normalized spacial score (nSPS) is 11.0. The van der Waals surface area contributed by atoms with Crippen molar-refractivity contribution in [2.45, 2.75) is 83.1 Å². The maximum Gasteiger partial charge on any atom is 0.346 e. The molecule has 16 bridgehead atoms. The van der Waals surface area contributed by atoms with Crippen molar-refractivity contribution >= 4 is 178 Å². The molecule has 13 rings (SSSR count). The number of hydrogen-bond donors (Lipinski definition) is 4. The number of pyridine rings is 2. The minimum Gasteiger partial charge on any atom is -0.462 e. The largest absolute Gasteiger partial charge is 0.462 e. The van der Waals surface area contributed by atoms with Gasteiger partial charge >= 0.3 is 47.8 Å². The molecule has 0 amide bonds. The fraction of sp³-hybridized carbons (Fsp3) is 0.204. The summed E-state index contributed by atoms with van der Waals surface area (Å²) >= 11 is 2.87. The van der Waals surface area contributed by atoms with Gasteiger partial charge in [0.15, 0.2) is 22.3 Å². The molecule has 620 valence electrons. The lowest BCUT2D eigenvalue weighted by Gasteiger charge is -2.08. The van der Waals surface area contributed by atoms with Crippen molar-refractivity contribution in [3.8, 4) is 44.5 Å². The van der Waals surface area contributed by atoms with Crippen LogP contribution in [0, 0.1) is 27.7 Å². The minimum absolute atomic E-state index is 0.00365. The highest BCUT2D eigenvalue weighted by molar-refractivity contribution is 7.25. The van der Waals surface area contributed by atoms with Gasteiger partial charge in [-0.3, -0.25) is 0 Å². The van der Waals surface area contributed by atoms with Gasteiger partial charge in [0, 0.05) is 106 Å². The molecule has 9 heterocycles. The van der Waals surface area contributed by atoms with Crippen LogP contribution in [-0.4, -0.2) is 131 Å². The lowest BCUT2D eigenvalue weighted by atomic mass is 10.0. The van der Waals surface area contributed by atoms with Gasteiger partial charge in [-0.05, 0) is 202 Å². The van der Waals surface area contributed by atoms with Crippen LogP contribution in [0.4, 0.5) is 0 Å². The molecule has 13 aromatic rings. The Kier molecular flexibility index (Phi) is 27.2. The molecule has 0 saturated heterocycles. The summed E-state index contributed by atoms with van der Waals surface area (Å²) in [7, 11) is 0. The molecule has 0 atom stereocenters. The number of ether oxygens (including phenoxy) is 8. The number of aromatic nitrogens is 6. The highest BCUT2D eigenvalue weighted by Gasteiger charge is 2.30. The third-order valence-corrected chi connectivity index (χ3v) is 22.1. The molecule has 122 heavy (non-hydrogen) atoms. The summed E-state index contributed by atoms with van der Waals surface area (Å²) in [5.41, 5.74) is 10.5. The molecule has 0 aliphatic rings. The van der Waals surface area contributed by atoms with Crippen molar-refractivity contribution in [2.75, 3.05) is 52.9 Å². The van der Waals surface area contributed by atoms with E-state index in [1.165, 1.54) is 22.7 Å². The van der Waals surface area contributed by atoms with Gasteiger partial charge in [-0.25, -0.2) is 48.3 Å². The number of nitrogens with one attached hydrogen (secondary N) is 4. The first-order valence-corrected chi connectivity index (χ1v) is 41.8. The minimum atomic E-state index is -1.03. The second-order valence-corrected chi connectivity index (χ2v) is 30.2. The van der Waals surface area contributed by atoms with E-state index in [9.17, 15) is 38.4 Å². The maximum absolute atomic E-state index is 14.9. The summed E-state index contributed by atoms with van der Waals surface area (Å²) in [5, 5.41) is -0.243. The molecule has 0 aliphatic heterocycles. The van der Waals surface area contributed by atoms with E-state index in [-0.39, 0.29) is 118 Å². The van der Waals surface area contributed by atoms with Crippen LogP contribution in [-0.2, 0) is 76.3 Å². The Morgan fingerprint density at radius 3 is 0.582 bits per heavy atom. The second kappa shape index (κ2) is 38.7. The molecule has 0 spiro atoms. The SMILES string of the molecule is CCOC(=O)C(C(=O)OCC)=c1c2cccc(n2)c(=C(C(=O)OCC)C(=O)OCC)c2ccc([nH]2)c(-c2ccc(C)cc2)c2ccc(s2)c(-c2ccc(C)cc2)c2ccc([nH]2)c(=C(C(=O)OCC)C(=O)OCC)c2cccc(n2)c(=C(C(=O)OCC)C(=O)OCC)c2ccc([nH]2)c(-c2ccc(C)cc2)c2ccc(s2)c(-c2ccc(C)cc2)c2ccc1[nH]2. The van der Waals surface area contributed by atoms with E-state index in [1.54, 1.807) is 116 Å². The van der Waals surface area contributed by atoms with Gasteiger partial charge in [0.2, 0.25) is 0 Å². The Morgan fingerprint density at radius 2 is 0.410 bits per heavy atom. The third-order valence-electron chi connectivity index (χ3n) is 19.8. The van der Waals surface area contributed by atoms with Crippen LogP contribution < -0.4 is 20.9 Å². The van der Waals surface area contributed by atoms with Crippen molar-refractivity contribution in [3.05, 3.63) is 249 Å². The van der Waals surface area contributed by atoms with Gasteiger partial charge < -0.3 is 57.8 Å². The summed E-state index contributed by atoms with van der Waals surface area (Å²) < 4.78 is 48.9. The van der Waals surface area contributed by atoms with Gasteiger partial charge in [-0.15, -0.1) is 22.7 Å². The van der Waals surface area contributed by atoms with E-state index >= 15 is 0 Å². The number of aromatic amines is 4. The van der Waals surface area contributed by atoms with E-state index < -0.39 is 70.0 Å². The molecule has 0 unspecified atom stereocenters. The number of carbonyl (C=O) groups excluding carboxylic acids is 8. The van der Waals surface area contributed by atoms with Crippen molar-refractivity contribution in [3.63, 3.8) is 0 Å². The van der Waals surface area contributed by atoms with Crippen molar-refractivity contribution in [1.82, 2.24) is 29.9 Å². The Morgan fingerprint density at radius 1 is 0.238 bits per heavy atom. The van der Waals surface area contributed by atoms with Gasteiger partial charge in [-0.2, -0.15) is 0 Å². The van der Waals surface area contributed by atoms with E-state index in [0.717, 1.165) is 63.3 Å². The number of esters is 8. The summed E-state index contributed by atoms with van der Waals surface area (Å²) in [5.74, 6) is -8.24. The molecular weight excluding hydrogens is 1580 g/mol. The number of benzene rings is 4. The van der Waals surface area contributed by atoms with Gasteiger partial charge in [-0.1, -0.05) is 131 Å². The van der Waals surface area contributed by atoms with Crippen molar-refractivity contribution < 1.29 is 76.3 Å². The average Bonchev–Trinajstić information content (AvgIpc) is 1.62. The van der Waals surface area contributed by atoms with Gasteiger partial charge in [0.25, 0.3) is 0 Å². The number of thiophene rings is 2. The topological polar surface area (TPSA) is 299 Å². The lowest BCUT2D eigenvalue weighted by molar-refractivity contribution is -0.144. The zero-order valence-electron chi connectivity index (χ0n) is 69.5. The van der Waals surface area contributed by atoms with Crippen LogP contribution in [0.2, 0.25) is 0 Å². The monoisotopic (exact) mass is 1670 g/mol. The number of rotatable bonds is 20. The number of H-pyrrole nitrogens is 4. The van der Waals surface area contributed by atoms with E-state index in [1.807, 2.05) is 173 Å². The van der Waals surface area contributed by atoms with E-state index in [0.29, 0.717) is 44.3 Å². The third kappa shape index (κ3) is 18.4. The second-order valence-electron chi connectivity index (χ2n) is 28.0. The van der Waals surface area contributed by atoms with Gasteiger partial charge in [0.05, 0.1) is 74.9 Å². The summed E-state index contributed by atoms with van der Waals surface area (Å²) in [6.45, 7) is 19.7. The first-order valence-electron chi connectivity index (χ1n) is 40.2. The van der Waals surface area contributed by atoms with Crippen LogP contribution >= 0.6 is 22.7 Å². The molecule has 4 N–H and O–H groups in total. The molecule has 0 saturated carbocycles. The maximum atomic E-state index is 14.9. The zero-order chi connectivity index (χ0) is 86.4. The Balaban J connectivity index is 1.34. The summed E-state index contributed by atoms with van der Waals surface area (Å²) in [4.78, 5) is 144. The zero-order valence-corrected chi connectivity index (χ0v) is 71.2. The van der Waals surface area contributed by atoms with Crippen LogP contribution in [0.15, 0.2) is 206 Å². The van der Waals surface area contributed by atoms with Crippen molar-refractivity contribution in [1.29, 1.82) is 0 Å². The number of nitrogens with zero attached hydrogens (tertiary/aromatic N) is 2. The predicted octanol–water partition coefficient (Wildman–Crippen LogP) is 17.2. The smallest absolute Gasteiger partial charge is 0.346 e. The van der Waals surface area contributed by atoms with Crippen LogP contribution in [0.25, 0.3) is 152 Å². The van der Waals surface area contributed by atoms with Crippen molar-refractivity contribution in [2.24, 2.45) is 0 Å². The highest BCUT2D eigenvalue weighted by atomic mass is 32.1. The fourth-order valence-electron chi connectivity index (χ4n) is 14.4. The summed E-state index contributed by atoms with van der Waals surface area (Å²) in [6, 6.07) is 63.5. The summed E-state index contributed by atoms with van der Waals surface area (Å²) in [6.07, 6.45) is 0. The number of hydrogen-bond acceptors (Lipinski definition) is 20. The predicted molar refractivity (Wildman–Crippen MR) is 480 cm³/mol. The number of fused-ring (bicyclic) bond motifs is 16. The molecule has 9 aromatic heterocycles. The Labute approximate surface area is 709 Å². The highest BCUT2D eigenvalue weighted by Crippen LogP contribution is 2.41. The quantitative estimate of drug-likeness (QED) is 0.0313. The molecule has 22 nitrogen and oxygen atoms in total. The van der Waals surface area contributed by atoms with E-state index in [2.05, 4.69) is 19.9 Å². The van der Waals surface area contributed by atoms with Crippen LogP contribution in [0.1, 0.15) is 77.6 Å².